The summed E-state index contributed by atoms with van der Waals surface area (Å²) in [7, 11) is 1.79. The summed E-state index contributed by atoms with van der Waals surface area (Å²) in [5.74, 6) is 0.431. The highest BCUT2D eigenvalue weighted by Gasteiger charge is 2.23. The fourth-order valence-corrected chi connectivity index (χ4v) is 4.34. The predicted octanol–water partition coefficient (Wildman–Crippen LogP) is 3.94. The Morgan fingerprint density at radius 3 is 2.37 bits per heavy atom. The maximum atomic E-state index is 12.9. The highest BCUT2D eigenvalue weighted by Crippen LogP contribution is 2.28. The number of halogens is 1. The van der Waals surface area contributed by atoms with Gasteiger partial charge in [-0.2, -0.15) is 0 Å². The lowest BCUT2D eigenvalue weighted by Crippen LogP contribution is -2.38. The summed E-state index contributed by atoms with van der Waals surface area (Å²) in [6, 6.07) is 11.0. The normalized spacial score (nSPS) is 13.6. The van der Waals surface area contributed by atoms with Gasteiger partial charge in [0.25, 0.3) is 5.91 Å². The number of hydrogen-bond donors (Lipinski definition) is 4. The van der Waals surface area contributed by atoms with E-state index in [0.29, 0.717) is 39.8 Å². The average molecular weight is 543 g/mol. The van der Waals surface area contributed by atoms with Crippen LogP contribution < -0.4 is 15.4 Å². The fourth-order valence-electron chi connectivity index (χ4n) is 4.11. The fraction of sp³-hybridized carbons (Fsp3) is 0.393. The van der Waals surface area contributed by atoms with Crippen molar-refractivity contribution in [3.8, 4) is 17.0 Å². The molecule has 0 aliphatic carbocycles. The number of carbonyl (C=O) groups excluding carboxylic acids is 2. The maximum Gasteiger partial charge on any atom is 0.251 e. The van der Waals surface area contributed by atoms with Crippen molar-refractivity contribution >= 4 is 23.4 Å². The van der Waals surface area contributed by atoms with Gasteiger partial charge in [-0.05, 0) is 44.0 Å². The molecule has 3 aromatic rings. The highest BCUT2D eigenvalue weighted by atomic mass is 35.5. The SMILES string of the molecule is CC[C@H](NC(=O)c1ccc(OC(C)C)c(Cl)c1)C(O)c1ccc(-c2cn(C)c([C@H](CO)NC(C)=O)n2)cc1. The monoisotopic (exact) mass is 542 g/mol. The lowest BCUT2D eigenvalue weighted by atomic mass is 9.98. The third-order valence-electron chi connectivity index (χ3n) is 6.03. The molecule has 2 aromatic carbocycles. The van der Waals surface area contributed by atoms with Gasteiger partial charge in [-0.1, -0.05) is 42.8 Å². The minimum absolute atomic E-state index is 0.0425. The van der Waals surface area contributed by atoms with Crippen LogP contribution >= 0.6 is 11.6 Å². The predicted molar refractivity (Wildman–Crippen MR) is 146 cm³/mol. The first-order chi connectivity index (χ1) is 18.0. The van der Waals surface area contributed by atoms with Gasteiger partial charge < -0.3 is 30.2 Å². The maximum absolute atomic E-state index is 12.9. The van der Waals surface area contributed by atoms with Crippen molar-refractivity contribution < 1.29 is 24.5 Å². The molecule has 0 spiro atoms. The molecular formula is C28H35ClN4O5. The van der Waals surface area contributed by atoms with E-state index in [1.807, 2.05) is 39.1 Å². The number of ether oxygens (including phenoxy) is 1. The molecular weight excluding hydrogens is 508 g/mol. The number of amides is 2. The molecule has 4 N–H and O–H groups in total. The van der Waals surface area contributed by atoms with Gasteiger partial charge in [0.1, 0.15) is 17.6 Å². The zero-order valence-corrected chi connectivity index (χ0v) is 23.0. The molecule has 0 radical (unpaired) electrons. The Kier molecular flexibility index (Phi) is 9.90. The molecule has 0 aliphatic heterocycles. The molecule has 0 saturated carbocycles. The molecule has 2 amide bonds. The van der Waals surface area contributed by atoms with Crippen molar-refractivity contribution in [2.24, 2.45) is 7.05 Å². The molecule has 0 fully saturated rings. The van der Waals surface area contributed by atoms with Crippen LogP contribution in [0.25, 0.3) is 11.3 Å². The lowest BCUT2D eigenvalue weighted by Gasteiger charge is -2.23. The van der Waals surface area contributed by atoms with Crippen molar-refractivity contribution in [3.63, 3.8) is 0 Å². The van der Waals surface area contributed by atoms with Gasteiger partial charge in [0, 0.05) is 31.3 Å². The van der Waals surface area contributed by atoms with Crippen LogP contribution in [-0.4, -0.2) is 50.3 Å². The smallest absolute Gasteiger partial charge is 0.251 e. The second-order valence-corrected chi connectivity index (χ2v) is 9.80. The molecule has 0 saturated heterocycles. The van der Waals surface area contributed by atoms with E-state index in [1.165, 1.54) is 6.92 Å². The second-order valence-electron chi connectivity index (χ2n) is 9.40. The van der Waals surface area contributed by atoms with Crippen LogP contribution in [0.1, 0.15) is 68.0 Å². The van der Waals surface area contributed by atoms with Gasteiger partial charge in [0.05, 0.1) is 35.6 Å². The molecule has 3 atom stereocenters. The van der Waals surface area contributed by atoms with Gasteiger partial charge in [-0.25, -0.2) is 4.98 Å². The van der Waals surface area contributed by atoms with E-state index in [1.54, 1.807) is 41.9 Å². The Bertz CT molecular complexity index is 1260. The number of aryl methyl sites for hydroxylation is 1. The Morgan fingerprint density at radius 2 is 1.82 bits per heavy atom. The van der Waals surface area contributed by atoms with E-state index in [0.717, 1.165) is 5.56 Å². The van der Waals surface area contributed by atoms with E-state index in [9.17, 15) is 19.8 Å². The average Bonchev–Trinajstić information content (AvgIpc) is 3.27. The molecule has 204 valence electrons. The summed E-state index contributed by atoms with van der Waals surface area (Å²) >= 11 is 6.28. The van der Waals surface area contributed by atoms with Crippen molar-refractivity contribution in [1.29, 1.82) is 0 Å². The molecule has 10 heteroatoms. The zero-order valence-electron chi connectivity index (χ0n) is 22.2. The van der Waals surface area contributed by atoms with Gasteiger partial charge in [0.15, 0.2) is 0 Å². The van der Waals surface area contributed by atoms with Crippen LogP contribution in [-0.2, 0) is 11.8 Å². The summed E-state index contributed by atoms with van der Waals surface area (Å²) in [4.78, 5) is 28.9. The standard InChI is InChI=1S/C28H35ClN4O5/c1-6-22(32-28(37)20-11-12-25(21(29)13-20)38-16(2)3)26(36)19-9-7-18(8-10-19)23-14-33(5)27(31-23)24(15-34)30-17(4)35/h7-14,16,22,24,26,34,36H,6,15H2,1-5H3,(H,30,35)(H,32,37)/t22-,24-,26?/m0/s1. The number of imidazole rings is 1. The third kappa shape index (κ3) is 7.12. The Morgan fingerprint density at radius 1 is 1.13 bits per heavy atom. The lowest BCUT2D eigenvalue weighted by molar-refractivity contribution is -0.120. The Balaban J connectivity index is 1.72. The van der Waals surface area contributed by atoms with E-state index < -0.39 is 18.2 Å². The van der Waals surface area contributed by atoms with Gasteiger partial charge in [-0.3, -0.25) is 9.59 Å². The molecule has 1 heterocycles. The van der Waals surface area contributed by atoms with Crippen LogP contribution in [0, 0.1) is 0 Å². The number of nitrogens with zero attached hydrogens (tertiary/aromatic N) is 2. The topological polar surface area (TPSA) is 126 Å². The Labute approximate surface area is 227 Å². The Hall–Kier alpha value is -3.40. The second kappa shape index (κ2) is 12.9. The number of carbonyl (C=O) groups is 2. The van der Waals surface area contributed by atoms with E-state index in [4.69, 9.17) is 16.3 Å². The first-order valence-corrected chi connectivity index (χ1v) is 12.9. The molecule has 9 nitrogen and oxygen atoms in total. The zero-order chi connectivity index (χ0) is 28.0. The number of benzene rings is 2. The van der Waals surface area contributed by atoms with Crippen LogP contribution in [0.4, 0.5) is 0 Å². The van der Waals surface area contributed by atoms with E-state index in [-0.39, 0.29) is 24.5 Å². The minimum atomic E-state index is -0.935. The van der Waals surface area contributed by atoms with Gasteiger partial charge in [-0.15, -0.1) is 0 Å². The molecule has 0 bridgehead atoms. The van der Waals surface area contributed by atoms with E-state index in [2.05, 4.69) is 15.6 Å². The van der Waals surface area contributed by atoms with Gasteiger partial charge in [0.2, 0.25) is 5.91 Å². The summed E-state index contributed by atoms with van der Waals surface area (Å²) in [5.41, 5.74) is 2.48. The molecule has 38 heavy (non-hydrogen) atoms. The van der Waals surface area contributed by atoms with Crippen molar-refractivity contribution in [3.05, 3.63) is 70.6 Å². The first kappa shape index (κ1) is 29.2. The molecule has 3 rings (SSSR count). The number of hydrogen-bond acceptors (Lipinski definition) is 6. The third-order valence-corrected chi connectivity index (χ3v) is 6.32. The molecule has 1 aromatic heterocycles. The van der Waals surface area contributed by atoms with Crippen molar-refractivity contribution in [2.45, 2.75) is 58.4 Å². The number of aliphatic hydroxyl groups is 2. The van der Waals surface area contributed by atoms with Crippen LogP contribution in [0.3, 0.4) is 0 Å². The van der Waals surface area contributed by atoms with Crippen LogP contribution in [0.2, 0.25) is 5.02 Å². The summed E-state index contributed by atoms with van der Waals surface area (Å²) in [5, 5.41) is 26.6. The number of nitrogens with one attached hydrogen (secondary N) is 2. The molecule has 1 unspecified atom stereocenters. The summed E-state index contributed by atoms with van der Waals surface area (Å²) in [6.07, 6.45) is 1.34. The highest BCUT2D eigenvalue weighted by molar-refractivity contribution is 6.32. The van der Waals surface area contributed by atoms with Crippen molar-refractivity contribution in [2.75, 3.05) is 6.61 Å². The van der Waals surface area contributed by atoms with Crippen LogP contribution in [0.15, 0.2) is 48.7 Å². The number of aliphatic hydroxyl groups excluding tert-OH is 2. The largest absolute Gasteiger partial charge is 0.489 e. The molecule has 0 aliphatic rings. The van der Waals surface area contributed by atoms with Crippen LogP contribution in [0.5, 0.6) is 5.75 Å². The quantitative estimate of drug-likeness (QED) is 0.291. The van der Waals surface area contributed by atoms with E-state index >= 15 is 0 Å². The number of aromatic nitrogens is 2. The minimum Gasteiger partial charge on any atom is -0.489 e. The number of rotatable bonds is 11. The summed E-state index contributed by atoms with van der Waals surface area (Å²) < 4.78 is 7.38. The summed E-state index contributed by atoms with van der Waals surface area (Å²) in [6.45, 7) is 6.78. The first-order valence-electron chi connectivity index (χ1n) is 12.5. The van der Waals surface area contributed by atoms with Gasteiger partial charge >= 0.3 is 0 Å². The van der Waals surface area contributed by atoms with Crippen molar-refractivity contribution in [1.82, 2.24) is 20.2 Å².